The normalized spacial score (nSPS) is 9.78. The Kier molecular flexibility index (Phi) is 3.44. The second-order valence-corrected chi connectivity index (χ2v) is 3.74. The van der Waals surface area contributed by atoms with Crippen LogP contribution in [0.15, 0.2) is 48.5 Å². The predicted octanol–water partition coefficient (Wildman–Crippen LogP) is 2.54. The monoisotopic (exact) mass is 238 g/mol. The second-order valence-electron chi connectivity index (χ2n) is 3.74. The molecule has 0 heterocycles. The fourth-order valence-electron chi connectivity index (χ4n) is 1.76. The lowest BCUT2D eigenvalue weighted by Crippen LogP contribution is -2.07. The number of benzene rings is 2. The van der Waals surface area contributed by atoms with E-state index in [4.69, 9.17) is 0 Å². The summed E-state index contributed by atoms with van der Waals surface area (Å²) in [5.74, 6) is -0.263. The zero-order valence-electron chi connectivity index (χ0n) is 9.50. The molecule has 0 atom stereocenters. The van der Waals surface area contributed by atoms with Crippen molar-refractivity contribution in [3.8, 4) is 0 Å². The average Bonchev–Trinajstić information content (AvgIpc) is 2.46. The number of hydrogen-bond acceptors (Lipinski definition) is 3. The van der Waals surface area contributed by atoms with Crippen LogP contribution in [0, 0.1) is 0 Å². The molecule has 0 saturated heterocycles. The third kappa shape index (κ3) is 2.11. The van der Waals surface area contributed by atoms with E-state index in [-0.39, 0.29) is 22.5 Å². The largest absolute Gasteiger partial charge is 0.298 e. The van der Waals surface area contributed by atoms with Gasteiger partial charge in [-0.25, -0.2) is 0 Å². The first-order valence-electron chi connectivity index (χ1n) is 5.41. The zero-order valence-corrected chi connectivity index (χ0v) is 9.50. The van der Waals surface area contributed by atoms with E-state index in [0.717, 1.165) is 0 Å². The van der Waals surface area contributed by atoms with E-state index in [2.05, 4.69) is 0 Å². The van der Waals surface area contributed by atoms with E-state index >= 15 is 0 Å². The molecular formula is C15H10O3. The van der Waals surface area contributed by atoms with Crippen LogP contribution in [0.1, 0.15) is 36.6 Å². The van der Waals surface area contributed by atoms with Gasteiger partial charge in [0.2, 0.25) is 0 Å². The van der Waals surface area contributed by atoms with Crippen LogP contribution in [-0.2, 0) is 0 Å². The SMILES string of the molecule is O=Cc1cccc(C(=O)c2ccccc2)c1C=O. The molecule has 0 bridgehead atoms. The lowest BCUT2D eigenvalue weighted by Gasteiger charge is -2.05. The number of carbonyl (C=O) groups is 3. The van der Waals surface area contributed by atoms with Gasteiger partial charge in [0.15, 0.2) is 18.4 Å². The predicted molar refractivity (Wildman–Crippen MR) is 67.1 cm³/mol. The summed E-state index contributed by atoms with van der Waals surface area (Å²) in [7, 11) is 0. The van der Waals surface area contributed by atoms with Crippen molar-refractivity contribution in [1.29, 1.82) is 0 Å². The third-order valence-corrected chi connectivity index (χ3v) is 2.67. The van der Waals surface area contributed by atoms with Gasteiger partial charge in [-0.15, -0.1) is 0 Å². The van der Waals surface area contributed by atoms with Gasteiger partial charge in [0, 0.05) is 22.3 Å². The van der Waals surface area contributed by atoms with Gasteiger partial charge in [0.05, 0.1) is 0 Å². The molecule has 3 nitrogen and oxygen atoms in total. The molecule has 0 unspecified atom stereocenters. The molecule has 0 N–H and O–H groups in total. The average molecular weight is 238 g/mol. The van der Waals surface area contributed by atoms with Crippen molar-refractivity contribution >= 4 is 18.4 Å². The highest BCUT2D eigenvalue weighted by atomic mass is 16.1. The van der Waals surface area contributed by atoms with Crippen LogP contribution in [0.3, 0.4) is 0 Å². The molecule has 18 heavy (non-hydrogen) atoms. The second kappa shape index (κ2) is 5.19. The lowest BCUT2D eigenvalue weighted by molar-refractivity contribution is 0.102. The minimum atomic E-state index is -0.263. The van der Waals surface area contributed by atoms with Crippen molar-refractivity contribution in [3.63, 3.8) is 0 Å². The maximum atomic E-state index is 12.2. The molecule has 3 heteroatoms. The fraction of sp³-hybridized carbons (Fsp3) is 0. The molecule has 0 radical (unpaired) electrons. The van der Waals surface area contributed by atoms with Gasteiger partial charge in [-0.2, -0.15) is 0 Å². The Bertz CT molecular complexity index is 600. The van der Waals surface area contributed by atoms with Gasteiger partial charge < -0.3 is 0 Å². The van der Waals surface area contributed by atoms with Crippen LogP contribution in [0.4, 0.5) is 0 Å². The van der Waals surface area contributed by atoms with Crippen LogP contribution >= 0.6 is 0 Å². The van der Waals surface area contributed by atoms with Gasteiger partial charge in [-0.05, 0) is 0 Å². The Morgan fingerprint density at radius 1 is 0.833 bits per heavy atom. The molecular weight excluding hydrogens is 228 g/mol. The van der Waals surface area contributed by atoms with E-state index in [1.54, 1.807) is 42.5 Å². The highest BCUT2D eigenvalue weighted by Gasteiger charge is 2.15. The van der Waals surface area contributed by atoms with Gasteiger partial charge in [-0.3, -0.25) is 14.4 Å². The van der Waals surface area contributed by atoms with Crippen LogP contribution in [0.25, 0.3) is 0 Å². The summed E-state index contributed by atoms with van der Waals surface area (Å²) in [5.41, 5.74) is 1.11. The van der Waals surface area contributed by atoms with Crippen molar-refractivity contribution in [2.45, 2.75) is 0 Å². The fourth-order valence-corrected chi connectivity index (χ4v) is 1.76. The molecule has 0 spiro atoms. The molecule has 2 rings (SSSR count). The van der Waals surface area contributed by atoms with Gasteiger partial charge in [0.25, 0.3) is 0 Å². The number of hydrogen-bond donors (Lipinski definition) is 0. The van der Waals surface area contributed by atoms with Crippen LogP contribution in [0.5, 0.6) is 0 Å². The Hall–Kier alpha value is -2.55. The summed E-state index contributed by atoms with van der Waals surface area (Å²) < 4.78 is 0. The van der Waals surface area contributed by atoms with E-state index < -0.39 is 0 Å². The third-order valence-electron chi connectivity index (χ3n) is 2.67. The minimum Gasteiger partial charge on any atom is -0.298 e. The van der Waals surface area contributed by atoms with Crippen LogP contribution < -0.4 is 0 Å². The molecule has 0 aliphatic carbocycles. The summed E-state index contributed by atoms with van der Waals surface area (Å²) in [4.78, 5) is 34.1. The molecule has 88 valence electrons. The molecule has 0 aliphatic heterocycles. The van der Waals surface area contributed by atoms with Gasteiger partial charge in [-0.1, -0.05) is 48.5 Å². The highest BCUT2D eigenvalue weighted by molar-refractivity contribution is 6.14. The quantitative estimate of drug-likeness (QED) is 0.607. The summed E-state index contributed by atoms with van der Waals surface area (Å²) in [5, 5.41) is 0. The van der Waals surface area contributed by atoms with Crippen molar-refractivity contribution in [1.82, 2.24) is 0 Å². The van der Waals surface area contributed by atoms with E-state index in [1.807, 2.05) is 0 Å². The number of rotatable bonds is 4. The number of carbonyl (C=O) groups excluding carboxylic acids is 3. The molecule has 0 aliphatic rings. The first-order chi connectivity index (χ1) is 8.77. The summed E-state index contributed by atoms with van der Waals surface area (Å²) >= 11 is 0. The Balaban J connectivity index is 2.55. The highest BCUT2D eigenvalue weighted by Crippen LogP contribution is 2.16. The zero-order chi connectivity index (χ0) is 13.0. The van der Waals surface area contributed by atoms with Gasteiger partial charge >= 0.3 is 0 Å². The van der Waals surface area contributed by atoms with E-state index in [1.165, 1.54) is 6.07 Å². The molecule has 0 saturated carbocycles. The van der Waals surface area contributed by atoms with Crippen LogP contribution in [-0.4, -0.2) is 18.4 Å². The van der Waals surface area contributed by atoms with Crippen LogP contribution in [0.2, 0.25) is 0 Å². The topological polar surface area (TPSA) is 51.2 Å². The molecule has 0 fully saturated rings. The first kappa shape index (κ1) is 11.9. The van der Waals surface area contributed by atoms with Crippen molar-refractivity contribution in [2.75, 3.05) is 0 Å². The lowest BCUT2D eigenvalue weighted by atomic mass is 9.96. The van der Waals surface area contributed by atoms with Gasteiger partial charge in [0.1, 0.15) is 0 Å². The summed E-state index contributed by atoms with van der Waals surface area (Å²) in [6, 6.07) is 13.3. The van der Waals surface area contributed by atoms with E-state index in [0.29, 0.717) is 18.1 Å². The first-order valence-corrected chi connectivity index (χ1v) is 5.41. The Morgan fingerprint density at radius 2 is 1.56 bits per heavy atom. The summed E-state index contributed by atoms with van der Waals surface area (Å²) in [6.45, 7) is 0. The minimum absolute atomic E-state index is 0.140. The maximum absolute atomic E-state index is 12.2. The Labute approximate surface area is 104 Å². The Morgan fingerprint density at radius 3 is 2.17 bits per heavy atom. The van der Waals surface area contributed by atoms with Crippen molar-refractivity contribution < 1.29 is 14.4 Å². The van der Waals surface area contributed by atoms with Crippen molar-refractivity contribution in [3.05, 3.63) is 70.8 Å². The molecule has 2 aromatic carbocycles. The summed E-state index contributed by atoms with van der Waals surface area (Å²) in [6.07, 6.45) is 1.12. The number of aldehydes is 2. The maximum Gasteiger partial charge on any atom is 0.193 e. The molecule has 2 aromatic rings. The van der Waals surface area contributed by atoms with E-state index in [9.17, 15) is 14.4 Å². The smallest absolute Gasteiger partial charge is 0.193 e. The molecule has 0 aromatic heterocycles. The van der Waals surface area contributed by atoms with Crippen molar-refractivity contribution in [2.24, 2.45) is 0 Å². The standard InChI is InChI=1S/C15H10O3/c16-9-12-7-4-8-13(14(12)10-17)15(18)11-5-2-1-3-6-11/h1-10H. The molecule has 0 amide bonds. The number of ketones is 1.